The number of benzene rings is 6. The lowest BCUT2D eigenvalue weighted by Gasteiger charge is -2.26. The van der Waals surface area contributed by atoms with E-state index in [9.17, 15) is 0 Å². The molecule has 0 atom stereocenters. The number of furan rings is 2. The quantitative estimate of drug-likeness (QED) is 0.196. The van der Waals surface area contributed by atoms with Gasteiger partial charge < -0.3 is 8.83 Å². The lowest BCUT2D eigenvalue weighted by atomic mass is 9.95. The number of hydrogen-bond donors (Lipinski definition) is 0. The normalized spacial score (nSPS) is 12.0. The zero-order valence-electron chi connectivity index (χ0n) is 23.9. The Balaban J connectivity index is 1.33. The largest absolute Gasteiger partial charge is 0.454 e. The van der Waals surface area contributed by atoms with E-state index in [1.54, 1.807) is 0 Å². The molecule has 0 aliphatic rings. The maximum absolute atomic E-state index is 6.16. The van der Waals surface area contributed by atoms with Crippen LogP contribution in [0, 0.1) is 0 Å². The fourth-order valence-electron chi connectivity index (χ4n) is 6.80. The van der Waals surface area contributed by atoms with Crippen molar-refractivity contribution in [3.8, 4) is 0 Å². The van der Waals surface area contributed by atoms with Crippen molar-refractivity contribution in [1.29, 1.82) is 0 Å². The molecule has 4 heterocycles. The molecule has 45 heavy (non-hydrogen) atoms. The summed E-state index contributed by atoms with van der Waals surface area (Å²) in [6.45, 7) is 0. The fourth-order valence-corrected chi connectivity index (χ4v) is 6.80. The first-order valence-electron chi connectivity index (χ1n) is 15.0. The zero-order valence-corrected chi connectivity index (χ0v) is 23.9. The van der Waals surface area contributed by atoms with Gasteiger partial charge in [0.1, 0.15) is 33.8 Å². The molecule has 0 N–H and O–H groups in total. The molecule has 0 aliphatic heterocycles. The minimum Gasteiger partial charge on any atom is -0.454 e. The van der Waals surface area contributed by atoms with Crippen molar-refractivity contribution in [2.75, 3.05) is 4.90 Å². The summed E-state index contributed by atoms with van der Waals surface area (Å²) in [5, 5.41) is 9.03. The smallest absolute Gasteiger partial charge is 0.154 e. The highest BCUT2D eigenvalue weighted by atomic mass is 16.3. The van der Waals surface area contributed by atoms with E-state index in [-0.39, 0.29) is 0 Å². The van der Waals surface area contributed by atoms with Gasteiger partial charge in [-0.1, -0.05) is 84.9 Å². The fraction of sp³-hybridized carbons (Fsp3) is 0. The second-order valence-corrected chi connectivity index (χ2v) is 11.4. The molecular weight excluding hydrogens is 554 g/mol. The molecule has 0 radical (unpaired) electrons. The van der Waals surface area contributed by atoms with Gasteiger partial charge in [0.15, 0.2) is 11.2 Å². The summed E-state index contributed by atoms with van der Waals surface area (Å²) in [5.74, 6) is 1.50. The van der Waals surface area contributed by atoms with Gasteiger partial charge in [-0.15, -0.1) is 0 Å². The van der Waals surface area contributed by atoms with E-state index in [1.807, 2.05) is 60.7 Å². The molecule has 0 saturated carbocycles. The topological polar surface area (TPSA) is 55.3 Å². The van der Waals surface area contributed by atoms with Crippen LogP contribution in [-0.2, 0) is 0 Å². The second-order valence-electron chi connectivity index (χ2n) is 11.4. The molecule has 0 aliphatic carbocycles. The van der Waals surface area contributed by atoms with E-state index in [4.69, 9.17) is 18.8 Å². The maximum atomic E-state index is 6.16. The molecule has 6 aromatic carbocycles. The van der Waals surface area contributed by atoms with Crippen LogP contribution in [0.4, 0.5) is 17.3 Å². The lowest BCUT2D eigenvalue weighted by Crippen LogP contribution is -2.13. The summed E-state index contributed by atoms with van der Waals surface area (Å²) in [6.07, 6.45) is 0. The highest BCUT2D eigenvalue weighted by molar-refractivity contribution is 6.21. The van der Waals surface area contributed by atoms with Crippen LogP contribution >= 0.6 is 0 Å². The molecular formula is C40H23N3O2. The number of hydrogen-bond acceptors (Lipinski definition) is 5. The average Bonchev–Trinajstić information content (AvgIpc) is 3.66. The van der Waals surface area contributed by atoms with Gasteiger partial charge in [0.2, 0.25) is 0 Å². The maximum Gasteiger partial charge on any atom is 0.154 e. The van der Waals surface area contributed by atoms with E-state index < -0.39 is 0 Å². The molecule has 0 saturated heterocycles. The van der Waals surface area contributed by atoms with Crippen LogP contribution in [0.15, 0.2) is 148 Å². The van der Waals surface area contributed by atoms with Gasteiger partial charge in [-0.25, -0.2) is 9.97 Å². The van der Waals surface area contributed by atoms with Gasteiger partial charge in [-0.05, 0) is 81.5 Å². The van der Waals surface area contributed by atoms with E-state index in [0.717, 1.165) is 66.8 Å². The molecule has 10 rings (SSSR count). The molecule has 5 heteroatoms. The first kappa shape index (κ1) is 24.3. The van der Waals surface area contributed by atoms with Gasteiger partial charge in [-0.2, -0.15) is 0 Å². The first-order chi connectivity index (χ1) is 22.3. The highest BCUT2D eigenvalue weighted by Gasteiger charge is 2.22. The van der Waals surface area contributed by atoms with E-state index >= 15 is 0 Å². The molecule has 0 fully saturated rings. The number of para-hydroxylation sites is 2. The Kier molecular flexibility index (Phi) is 4.93. The van der Waals surface area contributed by atoms with Gasteiger partial charge in [0, 0.05) is 16.2 Å². The number of rotatable bonds is 3. The Labute approximate surface area is 256 Å². The third-order valence-corrected chi connectivity index (χ3v) is 8.86. The van der Waals surface area contributed by atoms with Crippen molar-refractivity contribution in [3.05, 3.63) is 140 Å². The zero-order chi connectivity index (χ0) is 29.5. The van der Waals surface area contributed by atoms with Crippen molar-refractivity contribution < 1.29 is 8.83 Å². The molecule has 0 bridgehead atoms. The minimum absolute atomic E-state index is 0.749. The number of aromatic nitrogens is 2. The third-order valence-electron chi connectivity index (χ3n) is 8.86. The van der Waals surface area contributed by atoms with Crippen LogP contribution in [0.1, 0.15) is 0 Å². The summed E-state index contributed by atoms with van der Waals surface area (Å²) in [5.41, 5.74) is 5.76. The van der Waals surface area contributed by atoms with E-state index in [1.165, 1.54) is 26.9 Å². The van der Waals surface area contributed by atoms with Crippen LogP contribution in [0.3, 0.4) is 0 Å². The monoisotopic (exact) mass is 577 g/mol. The predicted octanol–water partition coefficient (Wildman–Crippen LogP) is 11.2. The summed E-state index contributed by atoms with van der Waals surface area (Å²) < 4.78 is 12.3. The summed E-state index contributed by atoms with van der Waals surface area (Å²) in [6, 6.07) is 48.0. The lowest BCUT2D eigenvalue weighted by molar-refractivity contribution is 0.668. The third kappa shape index (κ3) is 3.55. The second kappa shape index (κ2) is 9.15. The Hall–Kier alpha value is -6.20. The summed E-state index contributed by atoms with van der Waals surface area (Å²) in [4.78, 5) is 12.7. The Morgan fingerprint density at radius 2 is 0.889 bits per heavy atom. The molecule has 4 aromatic heterocycles. The van der Waals surface area contributed by atoms with Crippen molar-refractivity contribution in [2.45, 2.75) is 0 Å². The summed E-state index contributed by atoms with van der Waals surface area (Å²) in [7, 11) is 0. The van der Waals surface area contributed by atoms with Crippen LogP contribution in [0.2, 0.25) is 0 Å². The van der Waals surface area contributed by atoms with E-state index in [2.05, 4.69) is 83.8 Å². The van der Waals surface area contributed by atoms with Gasteiger partial charge >= 0.3 is 0 Å². The number of anilines is 3. The van der Waals surface area contributed by atoms with Gasteiger partial charge in [0.25, 0.3) is 0 Å². The molecule has 5 nitrogen and oxygen atoms in total. The van der Waals surface area contributed by atoms with Crippen molar-refractivity contribution >= 4 is 93.8 Å². The molecule has 0 amide bonds. The van der Waals surface area contributed by atoms with Crippen LogP contribution in [0.5, 0.6) is 0 Å². The Bertz CT molecular complexity index is 2680. The SMILES string of the molecule is c1ccc2c(c1)ccc1c3ccccc3c(N(c3ccc4oc5ccccc5c4n3)c3ccc4oc5ccccc5c4n3)cc21. The standard InChI is InChI=1S/C40H23N3O2/c1-2-10-25-24(9-1)17-18-27-26-11-3-4-12-28(26)32(23-31(25)27)43(37-21-19-35-39(41-37)29-13-5-7-15-33(29)44-35)38-22-20-36-40(42-38)30-14-6-8-16-34(30)45-36/h1-23H. The van der Waals surface area contributed by atoms with Crippen LogP contribution < -0.4 is 4.90 Å². The number of nitrogens with zero attached hydrogens (tertiary/aromatic N) is 3. The van der Waals surface area contributed by atoms with Crippen LogP contribution in [-0.4, -0.2) is 9.97 Å². The molecule has 10 aromatic rings. The number of pyridine rings is 2. The first-order valence-corrected chi connectivity index (χ1v) is 15.0. The van der Waals surface area contributed by atoms with Crippen molar-refractivity contribution in [2.24, 2.45) is 0 Å². The molecule has 0 spiro atoms. The van der Waals surface area contributed by atoms with E-state index in [0.29, 0.717) is 0 Å². The molecule has 210 valence electrons. The molecule has 0 unspecified atom stereocenters. The van der Waals surface area contributed by atoms with Gasteiger partial charge in [-0.3, -0.25) is 4.90 Å². The predicted molar refractivity (Wildman–Crippen MR) is 184 cm³/mol. The van der Waals surface area contributed by atoms with Crippen molar-refractivity contribution in [3.63, 3.8) is 0 Å². The summed E-state index contributed by atoms with van der Waals surface area (Å²) >= 11 is 0. The van der Waals surface area contributed by atoms with Crippen LogP contribution in [0.25, 0.3) is 76.5 Å². The Morgan fingerprint density at radius 3 is 1.53 bits per heavy atom. The number of fused-ring (bicyclic) bond motifs is 11. The highest BCUT2D eigenvalue weighted by Crippen LogP contribution is 2.44. The Morgan fingerprint density at radius 1 is 0.378 bits per heavy atom. The van der Waals surface area contributed by atoms with Crippen molar-refractivity contribution in [1.82, 2.24) is 9.97 Å². The minimum atomic E-state index is 0.749. The average molecular weight is 578 g/mol. The van der Waals surface area contributed by atoms with Gasteiger partial charge in [0.05, 0.1) is 5.69 Å².